The van der Waals surface area contributed by atoms with Gasteiger partial charge in [-0.25, -0.2) is 8.78 Å². The van der Waals surface area contributed by atoms with Gasteiger partial charge in [-0.3, -0.25) is 14.6 Å². The Balaban J connectivity index is 1.31. The maximum absolute atomic E-state index is 13.6. The molecule has 0 saturated carbocycles. The minimum atomic E-state index is -3.10. The molecule has 0 aliphatic carbocycles. The number of aromatic nitrogens is 1. The molecule has 9 nitrogen and oxygen atoms in total. The lowest BCUT2D eigenvalue weighted by molar-refractivity contribution is -0.133. The van der Waals surface area contributed by atoms with Crippen molar-refractivity contribution in [3.05, 3.63) is 36.0 Å². The van der Waals surface area contributed by atoms with Crippen molar-refractivity contribution in [2.45, 2.75) is 31.2 Å². The minimum Gasteiger partial charge on any atom is -0.494 e. The number of benzene rings is 1. The molecular weight excluding hydrogens is 470 g/mol. The molecule has 192 valence electrons. The molecule has 4 rings (SSSR count). The largest absolute Gasteiger partial charge is 0.494 e. The zero-order valence-corrected chi connectivity index (χ0v) is 20.0. The van der Waals surface area contributed by atoms with E-state index in [9.17, 15) is 18.4 Å². The summed E-state index contributed by atoms with van der Waals surface area (Å²) < 4.78 is 33.1. The van der Waals surface area contributed by atoms with Gasteiger partial charge in [0.15, 0.2) is 0 Å². The van der Waals surface area contributed by atoms with Gasteiger partial charge < -0.3 is 25.2 Å². The molecule has 2 fully saturated rings. The minimum absolute atomic E-state index is 0.0173. The predicted octanol–water partition coefficient (Wildman–Crippen LogP) is 1.33. The van der Waals surface area contributed by atoms with Crippen molar-refractivity contribution in [3.63, 3.8) is 0 Å². The lowest BCUT2D eigenvalue weighted by atomic mass is 10.1. The van der Waals surface area contributed by atoms with Gasteiger partial charge in [-0.1, -0.05) is 0 Å². The zero-order chi connectivity index (χ0) is 25.5. The summed E-state index contributed by atoms with van der Waals surface area (Å²) in [5.41, 5.74) is 1.42. The third-order valence-electron chi connectivity index (χ3n) is 6.43. The molecule has 0 bridgehead atoms. The highest BCUT2D eigenvalue weighted by Gasteiger charge is 2.47. The lowest BCUT2D eigenvalue weighted by Gasteiger charge is -2.26. The summed E-state index contributed by atoms with van der Waals surface area (Å²) in [6, 6.07) is 7.80. The third-order valence-corrected chi connectivity index (χ3v) is 6.43. The number of nitrogens with zero attached hydrogens (tertiary/aromatic N) is 4. The summed E-state index contributed by atoms with van der Waals surface area (Å²) in [5.74, 6) is -3.55. The summed E-state index contributed by atoms with van der Waals surface area (Å²) in [6.45, 7) is 4.40. The number of likely N-dealkylation sites (tertiary alicyclic amines) is 1. The highest BCUT2D eigenvalue weighted by atomic mass is 19.3. The smallest absolute Gasteiger partial charge is 0.268 e. The first-order valence-electron chi connectivity index (χ1n) is 12.1. The summed E-state index contributed by atoms with van der Waals surface area (Å²) in [7, 11) is 0. The predicted molar refractivity (Wildman–Crippen MR) is 129 cm³/mol. The Morgan fingerprint density at radius 3 is 2.86 bits per heavy atom. The molecule has 1 aromatic heterocycles. The van der Waals surface area contributed by atoms with Crippen molar-refractivity contribution >= 4 is 22.7 Å². The van der Waals surface area contributed by atoms with Crippen LogP contribution in [-0.4, -0.2) is 91.0 Å². The maximum Gasteiger partial charge on any atom is 0.268 e. The number of amides is 2. The monoisotopic (exact) mass is 500 g/mol. The number of nitriles is 1. The number of piperazine rings is 1. The molecule has 3 heterocycles. The van der Waals surface area contributed by atoms with E-state index in [-0.39, 0.29) is 6.42 Å². The standard InChI is InChI=1S/C25H30F2N6O3/c26-25(27)14-19(15-28)33(17-25)24(35)16-31-23(34)12-18-4-5-30-22-3-2-20(13-21(18)22)36-11-1-8-32-9-6-29-7-10-32/h2-5,13,19,29H,1,6-12,14,16-17H2,(H,31,34)/t19-/m0/s1. The van der Waals surface area contributed by atoms with E-state index in [0.717, 1.165) is 49.4 Å². The number of alkyl halides is 2. The van der Waals surface area contributed by atoms with Crippen LogP contribution in [0.5, 0.6) is 5.75 Å². The Morgan fingerprint density at radius 1 is 1.28 bits per heavy atom. The van der Waals surface area contributed by atoms with Crippen LogP contribution in [0.1, 0.15) is 18.4 Å². The van der Waals surface area contributed by atoms with Crippen molar-refractivity contribution in [2.75, 3.05) is 52.4 Å². The molecule has 1 atom stereocenters. The molecular formula is C25H30F2N6O3. The van der Waals surface area contributed by atoms with E-state index < -0.39 is 43.3 Å². The van der Waals surface area contributed by atoms with Crippen LogP contribution in [0.4, 0.5) is 8.78 Å². The molecule has 2 aromatic rings. The van der Waals surface area contributed by atoms with Crippen LogP contribution in [-0.2, 0) is 16.0 Å². The van der Waals surface area contributed by atoms with Crippen LogP contribution in [0.15, 0.2) is 30.5 Å². The number of halogens is 2. The topological polar surface area (TPSA) is 111 Å². The van der Waals surface area contributed by atoms with E-state index in [4.69, 9.17) is 10.00 Å². The molecule has 2 N–H and O–H groups in total. The van der Waals surface area contributed by atoms with Crippen molar-refractivity contribution in [1.82, 2.24) is 25.4 Å². The van der Waals surface area contributed by atoms with E-state index in [2.05, 4.69) is 20.5 Å². The summed E-state index contributed by atoms with van der Waals surface area (Å²) in [5, 5.41) is 15.6. The number of hydrogen-bond acceptors (Lipinski definition) is 7. The van der Waals surface area contributed by atoms with Gasteiger partial charge in [0, 0.05) is 50.7 Å². The normalized spacial score (nSPS) is 19.7. The molecule has 2 aliphatic heterocycles. The van der Waals surface area contributed by atoms with Crippen molar-refractivity contribution in [2.24, 2.45) is 0 Å². The van der Waals surface area contributed by atoms with Crippen molar-refractivity contribution < 1.29 is 23.1 Å². The highest BCUT2D eigenvalue weighted by molar-refractivity contribution is 5.90. The van der Waals surface area contributed by atoms with Gasteiger partial charge in [0.25, 0.3) is 5.92 Å². The van der Waals surface area contributed by atoms with E-state index >= 15 is 0 Å². The fourth-order valence-electron chi connectivity index (χ4n) is 4.54. The SMILES string of the molecule is N#C[C@@H]1CC(F)(F)CN1C(=O)CNC(=O)Cc1ccnc2ccc(OCCCN3CCNCC3)cc12. The number of fused-ring (bicyclic) bond motifs is 1. The lowest BCUT2D eigenvalue weighted by Crippen LogP contribution is -2.43. The number of nitrogens with one attached hydrogen (secondary N) is 2. The van der Waals surface area contributed by atoms with Gasteiger partial charge in [0.1, 0.15) is 11.8 Å². The van der Waals surface area contributed by atoms with Gasteiger partial charge in [0.05, 0.1) is 37.7 Å². The van der Waals surface area contributed by atoms with Crippen LogP contribution in [0.2, 0.25) is 0 Å². The second-order valence-corrected chi connectivity index (χ2v) is 9.12. The van der Waals surface area contributed by atoms with Crippen LogP contribution in [0.3, 0.4) is 0 Å². The second kappa shape index (κ2) is 11.6. The van der Waals surface area contributed by atoms with Gasteiger partial charge in [-0.05, 0) is 36.2 Å². The van der Waals surface area contributed by atoms with Gasteiger partial charge >= 0.3 is 0 Å². The molecule has 0 spiro atoms. The van der Waals surface area contributed by atoms with Gasteiger partial charge in [-0.15, -0.1) is 0 Å². The number of carbonyl (C=O) groups is 2. The van der Waals surface area contributed by atoms with Gasteiger partial charge in [-0.2, -0.15) is 5.26 Å². The number of pyridine rings is 1. The van der Waals surface area contributed by atoms with Crippen molar-refractivity contribution in [1.29, 1.82) is 5.26 Å². The fraction of sp³-hybridized carbons (Fsp3) is 0.520. The van der Waals surface area contributed by atoms with E-state index in [0.29, 0.717) is 23.4 Å². The summed E-state index contributed by atoms with van der Waals surface area (Å²) in [6.07, 6.45) is 1.81. The van der Waals surface area contributed by atoms with Crippen LogP contribution in [0, 0.1) is 11.3 Å². The third kappa shape index (κ3) is 6.65. The Bertz CT molecular complexity index is 1130. The molecule has 2 saturated heterocycles. The van der Waals surface area contributed by atoms with E-state index in [1.165, 1.54) is 0 Å². The number of rotatable bonds is 9. The zero-order valence-electron chi connectivity index (χ0n) is 20.0. The average Bonchev–Trinajstić information content (AvgIpc) is 3.20. The summed E-state index contributed by atoms with van der Waals surface area (Å²) >= 11 is 0. The Morgan fingerprint density at radius 2 is 2.08 bits per heavy atom. The molecule has 0 radical (unpaired) electrons. The Labute approximate surface area is 208 Å². The Kier molecular flexibility index (Phi) is 8.28. The summed E-state index contributed by atoms with van der Waals surface area (Å²) in [4.78, 5) is 32.5. The quantitative estimate of drug-likeness (QED) is 0.500. The maximum atomic E-state index is 13.6. The second-order valence-electron chi connectivity index (χ2n) is 9.12. The number of ether oxygens (including phenoxy) is 1. The van der Waals surface area contributed by atoms with E-state index in [1.54, 1.807) is 18.3 Å². The highest BCUT2D eigenvalue weighted by Crippen LogP contribution is 2.31. The first kappa shape index (κ1) is 25.7. The molecule has 11 heteroatoms. The molecule has 2 amide bonds. The van der Waals surface area contributed by atoms with E-state index in [1.807, 2.05) is 18.2 Å². The molecule has 36 heavy (non-hydrogen) atoms. The average molecular weight is 501 g/mol. The van der Waals surface area contributed by atoms with Crippen molar-refractivity contribution in [3.8, 4) is 11.8 Å². The fourth-order valence-corrected chi connectivity index (χ4v) is 4.54. The van der Waals surface area contributed by atoms with Crippen LogP contribution >= 0.6 is 0 Å². The Hall–Kier alpha value is -3.36. The molecule has 0 unspecified atom stereocenters. The van der Waals surface area contributed by atoms with Crippen LogP contribution < -0.4 is 15.4 Å². The molecule has 1 aromatic carbocycles. The van der Waals surface area contributed by atoms with Gasteiger partial charge in [0.2, 0.25) is 11.8 Å². The molecule has 2 aliphatic rings. The number of carbonyl (C=O) groups excluding carboxylic acids is 2. The number of hydrogen-bond donors (Lipinski definition) is 2. The van der Waals surface area contributed by atoms with Crippen LogP contribution in [0.25, 0.3) is 10.9 Å². The first-order valence-corrected chi connectivity index (χ1v) is 12.1. The first-order chi connectivity index (χ1) is 17.3.